The highest BCUT2D eigenvalue weighted by atomic mass is 16.5. The Morgan fingerprint density at radius 2 is 1.96 bits per heavy atom. The summed E-state index contributed by atoms with van der Waals surface area (Å²) in [5.41, 5.74) is 1.14. The number of para-hydroxylation sites is 1. The average molecular weight is 355 g/mol. The van der Waals surface area contributed by atoms with Crippen LogP contribution in [0.1, 0.15) is 44.6 Å². The van der Waals surface area contributed by atoms with E-state index in [1.165, 1.54) is 0 Å². The predicted octanol–water partition coefficient (Wildman–Crippen LogP) is 2.80. The molecule has 1 aromatic heterocycles. The van der Waals surface area contributed by atoms with E-state index in [4.69, 9.17) is 4.74 Å². The lowest BCUT2D eigenvalue weighted by Crippen LogP contribution is -2.53. The van der Waals surface area contributed by atoms with Gasteiger partial charge in [-0.1, -0.05) is 31.0 Å². The summed E-state index contributed by atoms with van der Waals surface area (Å²) in [4.78, 5) is 24.7. The summed E-state index contributed by atoms with van der Waals surface area (Å²) < 4.78 is 6.97. The first-order chi connectivity index (χ1) is 12.6. The molecule has 0 saturated heterocycles. The Labute approximate surface area is 153 Å². The van der Waals surface area contributed by atoms with Crippen molar-refractivity contribution in [2.45, 2.75) is 51.0 Å². The summed E-state index contributed by atoms with van der Waals surface area (Å²) in [5, 5.41) is 7.29. The van der Waals surface area contributed by atoms with Crippen molar-refractivity contribution in [2.75, 3.05) is 6.61 Å². The molecule has 3 rings (SSSR count). The number of aromatic nitrogens is 2. The van der Waals surface area contributed by atoms with Crippen LogP contribution in [0.2, 0.25) is 0 Å². The number of ether oxygens (including phenoxy) is 1. The Morgan fingerprint density at radius 1 is 1.23 bits per heavy atom. The van der Waals surface area contributed by atoms with Crippen molar-refractivity contribution in [3.8, 4) is 5.69 Å². The highest BCUT2D eigenvalue weighted by Gasteiger charge is 2.43. The minimum atomic E-state index is -0.832. The van der Waals surface area contributed by atoms with Gasteiger partial charge in [-0.2, -0.15) is 5.10 Å². The minimum absolute atomic E-state index is 0.118. The monoisotopic (exact) mass is 355 g/mol. The van der Waals surface area contributed by atoms with E-state index in [9.17, 15) is 9.59 Å². The Kier molecular flexibility index (Phi) is 5.71. The summed E-state index contributed by atoms with van der Waals surface area (Å²) in [6, 6.07) is 9.83. The number of hydrogen-bond acceptors (Lipinski definition) is 4. The summed E-state index contributed by atoms with van der Waals surface area (Å²) >= 11 is 0. The molecule has 1 saturated carbocycles. The molecule has 6 heteroatoms. The van der Waals surface area contributed by atoms with Crippen LogP contribution >= 0.6 is 0 Å². The largest absolute Gasteiger partial charge is 0.464 e. The van der Waals surface area contributed by atoms with Crippen LogP contribution in [0.15, 0.2) is 42.7 Å². The summed E-state index contributed by atoms with van der Waals surface area (Å²) in [5.74, 6) is -0.421. The number of hydrogen-bond donors (Lipinski definition) is 1. The Hall–Kier alpha value is -2.63. The molecule has 1 heterocycles. The number of carbonyl (C=O) groups is 2. The summed E-state index contributed by atoms with van der Waals surface area (Å²) in [7, 11) is 0. The van der Waals surface area contributed by atoms with Crippen LogP contribution in [0.5, 0.6) is 0 Å². The first-order valence-electron chi connectivity index (χ1n) is 9.20. The summed E-state index contributed by atoms with van der Waals surface area (Å²) in [6.07, 6.45) is 7.79. The van der Waals surface area contributed by atoms with Crippen molar-refractivity contribution in [3.63, 3.8) is 0 Å². The first-order valence-corrected chi connectivity index (χ1v) is 9.20. The molecular weight excluding hydrogens is 330 g/mol. The fraction of sp³-hybridized carbons (Fsp3) is 0.450. The van der Waals surface area contributed by atoms with Crippen LogP contribution in [0.4, 0.5) is 0 Å². The maximum atomic E-state index is 12.4. The molecule has 1 fully saturated rings. The van der Waals surface area contributed by atoms with Crippen LogP contribution in [-0.2, 0) is 20.7 Å². The Morgan fingerprint density at radius 3 is 2.65 bits per heavy atom. The normalized spacial score (nSPS) is 15.6. The lowest BCUT2D eigenvalue weighted by Gasteiger charge is -2.27. The van der Waals surface area contributed by atoms with E-state index in [2.05, 4.69) is 10.4 Å². The van der Waals surface area contributed by atoms with Gasteiger partial charge in [-0.15, -0.1) is 0 Å². The van der Waals surface area contributed by atoms with E-state index < -0.39 is 5.54 Å². The molecule has 1 aliphatic carbocycles. The van der Waals surface area contributed by atoms with Gasteiger partial charge in [0.2, 0.25) is 5.91 Å². The number of nitrogens with one attached hydrogen (secondary N) is 1. The first kappa shape index (κ1) is 18.2. The lowest BCUT2D eigenvalue weighted by atomic mass is 9.97. The molecule has 1 N–H and O–H groups in total. The van der Waals surface area contributed by atoms with Gasteiger partial charge in [0.25, 0.3) is 0 Å². The van der Waals surface area contributed by atoms with Crippen molar-refractivity contribution >= 4 is 11.9 Å². The molecule has 0 unspecified atom stereocenters. The van der Waals surface area contributed by atoms with Crippen molar-refractivity contribution < 1.29 is 14.3 Å². The fourth-order valence-corrected chi connectivity index (χ4v) is 3.43. The smallest absolute Gasteiger partial charge is 0.331 e. The van der Waals surface area contributed by atoms with Crippen molar-refractivity contribution in [1.82, 2.24) is 15.1 Å². The third-order valence-corrected chi connectivity index (χ3v) is 4.80. The Bertz CT molecular complexity index is 749. The summed E-state index contributed by atoms with van der Waals surface area (Å²) in [6.45, 7) is 2.11. The lowest BCUT2D eigenvalue weighted by molar-refractivity contribution is -0.153. The minimum Gasteiger partial charge on any atom is -0.464 e. The highest BCUT2D eigenvalue weighted by Crippen LogP contribution is 2.31. The molecule has 0 aliphatic heterocycles. The van der Waals surface area contributed by atoms with Gasteiger partial charge in [0.15, 0.2) is 0 Å². The molecule has 1 amide bonds. The van der Waals surface area contributed by atoms with E-state index >= 15 is 0 Å². The topological polar surface area (TPSA) is 73.2 Å². The fourth-order valence-electron chi connectivity index (χ4n) is 3.43. The second-order valence-corrected chi connectivity index (χ2v) is 6.69. The van der Waals surface area contributed by atoms with Crippen molar-refractivity contribution in [3.05, 3.63) is 48.3 Å². The number of esters is 1. The molecule has 0 spiro atoms. The van der Waals surface area contributed by atoms with Gasteiger partial charge < -0.3 is 10.1 Å². The standard InChI is InChI=1S/C20H25N3O3/c1-2-26-19(25)20(12-6-7-13-20)22-18(24)11-10-16-14-21-23(15-16)17-8-4-3-5-9-17/h3-5,8-9,14-15H,2,6-7,10-13H2,1H3,(H,22,24). The number of rotatable bonds is 7. The van der Waals surface area contributed by atoms with Gasteiger partial charge in [-0.25, -0.2) is 9.48 Å². The van der Waals surface area contributed by atoms with Crippen LogP contribution in [-0.4, -0.2) is 33.8 Å². The van der Waals surface area contributed by atoms with E-state index in [0.717, 1.165) is 24.1 Å². The highest BCUT2D eigenvalue weighted by molar-refractivity contribution is 5.88. The molecule has 0 bridgehead atoms. The number of aryl methyl sites for hydroxylation is 1. The molecule has 2 aromatic rings. The second kappa shape index (κ2) is 8.17. The van der Waals surface area contributed by atoms with Gasteiger partial charge in [0.1, 0.15) is 5.54 Å². The van der Waals surface area contributed by atoms with Crippen LogP contribution in [0.25, 0.3) is 5.69 Å². The molecule has 138 valence electrons. The number of carbonyl (C=O) groups excluding carboxylic acids is 2. The third kappa shape index (κ3) is 4.12. The zero-order valence-electron chi connectivity index (χ0n) is 15.1. The average Bonchev–Trinajstić information content (AvgIpc) is 3.31. The molecule has 0 atom stereocenters. The van der Waals surface area contributed by atoms with Gasteiger partial charge in [-0.3, -0.25) is 4.79 Å². The van der Waals surface area contributed by atoms with E-state index in [0.29, 0.717) is 32.3 Å². The molecule has 26 heavy (non-hydrogen) atoms. The maximum Gasteiger partial charge on any atom is 0.331 e. The molecule has 0 radical (unpaired) electrons. The van der Waals surface area contributed by atoms with Gasteiger partial charge >= 0.3 is 5.97 Å². The van der Waals surface area contributed by atoms with Crippen LogP contribution in [0, 0.1) is 0 Å². The quantitative estimate of drug-likeness (QED) is 0.775. The van der Waals surface area contributed by atoms with Crippen molar-refractivity contribution in [1.29, 1.82) is 0 Å². The zero-order valence-corrected chi connectivity index (χ0v) is 15.1. The van der Waals surface area contributed by atoms with E-state index in [-0.39, 0.29) is 11.9 Å². The molecular formula is C20H25N3O3. The second-order valence-electron chi connectivity index (χ2n) is 6.69. The molecule has 6 nitrogen and oxygen atoms in total. The van der Waals surface area contributed by atoms with Gasteiger partial charge in [0.05, 0.1) is 18.5 Å². The number of amides is 1. The predicted molar refractivity (Wildman–Crippen MR) is 97.9 cm³/mol. The van der Waals surface area contributed by atoms with Gasteiger partial charge in [0, 0.05) is 12.6 Å². The Balaban J connectivity index is 1.57. The number of benzene rings is 1. The molecule has 1 aromatic carbocycles. The van der Waals surface area contributed by atoms with E-state index in [1.807, 2.05) is 36.5 Å². The van der Waals surface area contributed by atoms with Crippen LogP contribution in [0.3, 0.4) is 0 Å². The third-order valence-electron chi connectivity index (χ3n) is 4.80. The van der Waals surface area contributed by atoms with Crippen molar-refractivity contribution in [2.24, 2.45) is 0 Å². The van der Waals surface area contributed by atoms with Crippen LogP contribution < -0.4 is 5.32 Å². The van der Waals surface area contributed by atoms with Gasteiger partial charge in [-0.05, 0) is 43.9 Å². The zero-order chi connectivity index (χ0) is 18.4. The number of nitrogens with zero attached hydrogens (tertiary/aromatic N) is 2. The maximum absolute atomic E-state index is 12.4. The SMILES string of the molecule is CCOC(=O)C1(NC(=O)CCc2cnn(-c3ccccc3)c2)CCCC1. The molecule has 1 aliphatic rings. The van der Waals surface area contributed by atoms with E-state index in [1.54, 1.807) is 17.8 Å².